The molecule has 11 nitrogen and oxygen atoms in total. The number of urea groups is 1. The minimum atomic E-state index is -1.18. The Morgan fingerprint density at radius 3 is 2.58 bits per heavy atom. The number of esters is 1. The third-order valence-electron chi connectivity index (χ3n) is 6.43. The highest BCUT2D eigenvalue weighted by atomic mass is 127. The second-order valence-corrected chi connectivity index (χ2v) is 12.0. The molecule has 3 aromatic carbocycles. The van der Waals surface area contributed by atoms with Crippen molar-refractivity contribution in [2.45, 2.75) is 32.7 Å². The first-order chi connectivity index (χ1) is 21.6. The third-order valence-corrected chi connectivity index (χ3v) is 7.86. The number of aliphatic hydroxyl groups excluding tert-OH is 1. The quantitative estimate of drug-likeness (QED) is 0.0611. The molecule has 1 aliphatic heterocycles. The van der Waals surface area contributed by atoms with Crippen molar-refractivity contribution >= 4 is 63.4 Å². The molecule has 1 aliphatic rings. The highest BCUT2D eigenvalue weighted by Gasteiger charge is 2.32. The van der Waals surface area contributed by atoms with Crippen molar-refractivity contribution in [1.82, 2.24) is 16.1 Å². The Morgan fingerprint density at radius 2 is 1.87 bits per heavy atom. The van der Waals surface area contributed by atoms with Crippen LogP contribution in [0.2, 0.25) is 0 Å². The Kier molecular flexibility index (Phi) is 12.2. The van der Waals surface area contributed by atoms with Gasteiger partial charge in [0.25, 0.3) is 0 Å². The summed E-state index contributed by atoms with van der Waals surface area (Å²) in [6.07, 6.45) is 0.358. The van der Waals surface area contributed by atoms with Gasteiger partial charge in [-0.2, -0.15) is 5.10 Å². The summed E-state index contributed by atoms with van der Waals surface area (Å²) in [7, 11) is 1.27. The molecule has 238 valence electrons. The molecular weight excluding hydrogens is 813 g/mol. The van der Waals surface area contributed by atoms with Crippen LogP contribution in [0.15, 0.2) is 71.0 Å². The number of hydrogen-bond acceptors (Lipinski definition) is 9. The second-order valence-electron chi connectivity index (χ2n) is 9.64. The van der Waals surface area contributed by atoms with Crippen LogP contribution < -0.4 is 30.3 Å². The van der Waals surface area contributed by atoms with Crippen molar-refractivity contribution in [3.63, 3.8) is 0 Å². The topological polar surface area (TPSA) is 140 Å². The van der Waals surface area contributed by atoms with Gasteiger partial charge in [0.05, 0.1) is 35.1 Å². The molecule has 0 radical (unpaired) electrons. The van der Waals surface area contributed by atoms with Crippen LogP contribution in [0.4, 0.5) is 9.18 Å². The summed E-state index contributed by atoms with van der Waals surface area (Å²) >= 11 is 4.37. The normalized spacial score (nSPS) is 15.3. The average Bonchev–Trinajstić information content (AvgIpc) is 3.00. The van der Waals surface area contributed by atoms with E-state index in [1.54, 1.807) is 44.2 Å². The Balaban J connectivity index is 1.42. The first-order valence-corrected chi connectivity index (χ1v) is 15.8. The second kappa shape index (κ2) is 16.1. The lowest BCUT2D eigenvalue weighted by atomic mass is 9.95. The highest BCUT2D eigenvalue weighted by molar-refractivity contribution is 14.1. The number of amides is 2. The van der Waals surface area contributed by atoms with Crippen LogP contribution in [0.25, 0.3) is 0 Å². The van der Waals surface area contributed by atoms with E-state index in [4.69, 9.17) is 18.9 Å². The minimum Gasteiger partial charge on any atom is -0.490 e. The van der Waals surface area contributed by atoms with Gasteiger partial charge in [-0.1, -0.05) is 18.2 Å². The van der Waals surface area contributed by atoms with Crippen molar-refractivity contribution in [3.8, 4) is 17.2 Å². The van der Waals surface area contributed by atoms with Crippen LogP contribution in [0, 0.1) is 13.0 Å². The summed E-state index contributed by atoms with van der Waals surface area (Å²) in [5.74, 6) is 0.406. The number of hydrogen-bond donors (Lipinski definition) is 4. The van der Waals surface area contributed by atoms with Crippen LogP contribution in [0.3, 0.4) is 0 Å². The van der Waals surface area contributed by atoms with Gasteiger partial charge < -0.3 is 34.7 Å². The standard InChI is InChI=1S/C31H31FI2N4O7/c1-4-43-25-12-19(28-27(30(40)42-3)17(2)36-31(41)37-28)7-10-24(25)44-16-26(39)38-35-14-20-11-22(33)13-23(34)29(20)45-15-18-5-8-21(32)9-6-18/h5-14,26,28,38-39H,4,15-16H2,1-3H3,(H2,36,37,41)/b35-14+/t26-,28-/m0/s1. The number of hydrazone groups is 1. The van der Waals surface area contributed by atoms with E-state index >= 15 is 0 Å². The molecule has 0 saturated heterocycles. The zero-order valence-corrected chi connectivity index (χ0v) is 28.8. The Morgan fingerprint density at radius 1 is 1.11 bits per heavy atom. The van der Waals surface area contributed by atoms with Crippen molar-refractivity contribution in [1.29, 1.82) is 0 Å². The molecule has 2 atom stereocenters. The molecule has 4 N–H and O–H groups in total. The fourth-order valence-corrected chi connectivity index (χ4v) is 6.42. The third kappa shape index (κ3) is 9.20. The molecule has 14 heteroatoms. The number of halogens is 3. The number of nitrogens with zero attached hydrogens (tertiary/aromatic N) is 1. The Hall–Kier alpha value is -3.64. The molecule has 0 saturated carbocycles. The molecule has 0 unspecified atom stereocenters. The van der Waals surface area contributed by atoms with Crippen LogP contribution in [-0.2, 0) is 16.1 Å². The van der Waals surface area contributed by atoms with Crippen LogP contribution >= 0.6 is 45.2 Å². The molecule has 0 aromatic heterocycles. The predicted molar refractivity (Wildman–Crippen MR) is 182 cm³/mol. The van der Waals surface area contributed by atoms with Crippen LogP contribution in [-0.4, -0.2) is 49.9 Å². The average molecular weight is 844 g/mol. The van der Waals surface area contributed by atoms with E-state index in [-0.39, 0.29) is 24.6 Å². The van der Waals surface area contributed by atoms with Gasteiger partial charge in [-0.3, -0.25) is 5.43 Å². The molecule has 0 fully saturated rings. The monoisotopic (exact) mass is 844 g/mol. The van der Waals surface area contributed by atoms with E-state index in [0.29, 0.717) is 40.7 Å². The van der Waals surface area contributed by atoms with E-state index in [9.17, 15) is 19.1 Å². The summed E-state index contributed by atoms with van der Waals surface area (Å²) in [4.78, 5) is 24.6. The lowest BCUT2D eigenvalue weighted by Crippen LogP contribution is -2.45. The van der Waals surface area contributed by atoms with E-state index in [1.807, 2.05) is 12.1 Å². The number of carbonyl (C=O) groups excluding carboxylic acids is 2. The van der Waals surface area contributed by atoms with E-state index < -0.39 is 24.3 Å². The maximum atomic E-state index is 13.3. The van der Waals surface area contributed by atoms with Crippen LogP contribution in [0.5, 0.6) is 17.2 Å². The van der Waals surface area contributed by atoms with Crippen molar-refractivity contribution < 1.29 is 38.0 Å². The Bertz CT molecular complexity index is 1600. The minimum absolute atomic E-state index is 0.176. The van der Waals surface area contributed by atoms with Gasteiger partial charge in [0.15, 0.2) is 17.7 Å². The zero-order chi connectivity index (χ0) is 32.5. The first-order valence-electron chi connectivity index (χ1n) is 13.7. The number of methoxy groups -OCH3 is 1. The van der Waals surface area contributed by atoms with Gasteiger partial charge in [0.1, 0.15) is 24.8 Å². The zero-order valence-electron chi connectivity index (χ0n) is 24.5. The molecule has 1 heterocycles. The van der Waals surface area contributed by atoms with Gasteiger partial charge in [-0.15, -0.1) is 0 Å². The summed E-state index contributed by atoms with van der Waals surface area (Å²) < 4.78 is 37.6. The maximum Gasteiger partial charge on any atom is 0.337 e. The number of rotatable bonds is 13. The molecule has 0 spiro atoms. The van der Waals surface area contributed by atoms with Gasteiger partial charge >= 0.3 is 12.0 Å². The molecular formula is C31H31FI2N4O7. The number of ether oxygens (including phenoxy) is 4. The molecule has 3 aromatic rings. The first kappa shape index (κ1) is 34.2. The molecule has 0 bridgehead atoms. The van der Waals surface area contributed by atoms with Gasteiger partial charge in [-0.25, -0.2) is 14.0 Å². The maximum absolute atomic E-state index is 13.3. The van der Waals surface area contributed by atoms with Crippen molar-refractivity contribution in [2.75, 3.05) is 20.3 Å². The smallest absolute Gasteiger partial charge is 0.337 e. The molecule has 45 heavy (non-hydrogen) atoms. The number of aliphatic hydroxyl groups is 1. The van der Waals surface area contributed by atoms with E-state index in [2.05, 4.69) is 66.3 Å². The molecule has 4 rings (SSSR count). The summed E-state index contributed by atoms with van der Waals surface area (Å²) in [5, 5.41) is 20.0. The van der Waals surface area contributed by atoms with Crippen LogP contribution in [0.1, 0.15) is 36.6 Å². The summed E-state index contributed by atoms with van der Waals surface area (Å²) in [6.45, 7) is 3.82. The van der Waals surface area contributed by atoms with Crippen molar-refractivity contribution in [3.05, 3.63) is 95.5 Å². The Labute approximate surface area is 286 Å². The van der Waals surface area contributed by atoms with Gasteiger partial charge in [-0.05, 0) is 107 Å². The number of benzene rings is 3. The molecule has 0 aliphatic carbocycles. The number of nitrogens with one attached hydrogen (secondary N) is 3. The number of carbonyl (C=O) groups is 2. The van der Waals surface area contributed by atoms with E-state index in [1.165, 1.54) is 25.5 Å². The SMILES string of the molecule is CCOc1cc([C@@H]2NC(=O)NC(C)=C2C(=O)OC)ccc1OC[C@H](O)N/N=C/c1cc(I)cc(I)c1OCc1ccc(F)cc1. The number of allylic oxidation sites excluding steroid dienone is 1. The fourth-order valence-electron chi connectivity index (χ4n) is 4.38. The summed E-state index contributed by atoms with van der Waals surface area (Å²) in [5.41, 5.74) is 5.36. The summed E-state index contributed by atoms with van der Waals surface area (Å²) in [6, 6.07) is 13.7. The van der Waals surface area contributed by atoms with Gasteiger partial charge in [0, 0.05) is 14.8 Å². The largest absolute Gasteiger partial charge is 0.490 e. The predicted octanol–water partition coefficient (Wildman–Crippen LogP) is 5.13. The van der Waals surface area contributed by atoms with Gasteiger partial charge in [0.2, 0.25) is 0 Å². The fraction of sp³-hybridized carbons (Fsp3) is 0.258. The lowest BCUT2D eigenvalue weighted by Gasteiger charge is -2.28. The highest BCUT2D eigenvalue weighted by Crippen LogP contribution is 2.35. The van der Waals surface area contributed by atoms with E-state index in [0.717, 1.165) is 12.7 Å². The lowest BCUT2D eigenvalue weighted by molar-refractivity contribution is -0.136. The molecule has 2 amide bonds. The van der Waals surface area contributed by atoms with Crippen molar-refractivity contribution in [2.24, 2.45) is 5.10 Å².